The number of methoxy groups -OCH3 is 4. The van der Waals surface area contributed by atoms with Gasteiger partial charge in [0.15, 0.2) is 23.0 Å². The summed E-state index contributed by atoms with van der Waals surface area (Å²) in [6, 6.07) is 34.3. The second-order valence-corrected chi connectivity index (χ2v) is 13.5. The maximum Gasteiger partial charge on any atom is 0.416 e. The van der Waals surface area contributed by atoms with Gasteiger partial charge in [-0.1, -0.05) is 48.5 Å². The predicted octanol–water partition coefficient (Wildman–Crippen LogP) is 11.9. The molecule has 5 aromatic carbocycles. The number of benzene rings is 5. The van der Waals surface area contributed by atoms with Crippen LogP contribution in [-0.4, -0.2) is 33.0 Å². The van der Waals surface area contributed by atoms with Gasteiger partial charge in [0.2, 0.25) is 0 Å². The topological polar surface area (TPSA) is 53.9 Å². The zero-order valence-electron chi connectivity index (χ0n) is 27.5. The van der Waals surface area contributed by atoms with Crippen molar-refractivity contribution < 1.29 is 32.1 Å². The first kappa shape index (κ1) is 36.4. The fraction of sp³-hybridized carbons (Fsp3) is 0.128. The van der Waals surface area contributed by atoms with Crippen molar-refractivity contribution in [3.8, 4) is 39.9 Å². The Labute approximate surface area is 305 Å². The third-order valence-electron chi connectivity index (χ3n) is 7.73. The van der Waals surface area contributed by atoms with Gasteiger partial charge in [0.25, 0.3) is 0 Å². The summed E-state index contributed by atoms with van der Waals surface area (Å²) in [5, 5.41) is 4.37. The second kappa shape index (κ2) is 16.2. The molecule has 0 fully saturated rings. The number of aromatic nitrogens is 1. The molecule has 0 radical (unpaired) electrons. The zero-order valence-corrected chi connectivity index (χ0v) is 30.7. The van der Waals surface area contributed by atoms with Crippen LogP contribution >= 0.6 is 31.9 Å². The summed E-state index contributed by atoms with van der Waals surface area (Å²) < 4.78 is 63.1. The molecular weight excluding hydrogens is 777 g/mol. The van der Waals surface area contributed by atoms with Gasteiger partial charge in [-0.2, -0.15) is 13.2 Å². The molecule has 0 aliphatic heterocycles. The lowest BCUT2D eigenvalue weighted by atomic mass is 10.1. The average Bonchev–Trinajstić information content (AvgIpc) is 3.51. The summed E-state index contributed by atoms with van der Waals surface area (Å²) >= 11 is 6.77. The third-order valence-corrected chi connectivity index (χ3v) is 8.19. The first-order chi connectivity index (χ1) is 24.1. The van der Waals surface area contributed by atoms with Crippen molar-refractivity contribution in [2.45, 2.75) is 6.18 Å². The lowest BCUT2D eigenvalue weighted by Gasteiger charge is -2.15. The number of alkyl halides is 3. The number of hydrogen-bond donors (Lipinski definition) is 1. The van der Waals surface area contributed by atoms with E-state index in [-0.39, 0.29) is 0 Å². The summed E-state index contributed by atoms with van der Waals surface area (Å²) in [5.74, 6) is 2.57. The molecule has 6 rings (SSSR count). The molecule has 1 N–H and O–H groups in total. The fourth-order valence-electron chi connectivity index (χ4n) is 5.36. The fourth-order valence-corrected chi connectivity index (χ4v) is 5.86. The van der Waals surface area contributed by atoms with E-state index < -0.39 is 11.7 Å². The predicted molar refractivity (Wildman–Crippen MR) is 202 cm³/mol. The molecule has 0 amide bonds. The minimum atomic E-state index is -4.37. The van der Waals surface area contributed by atoms with E-state index >= 15 is 0 Å². The number of rotatable bonds is 9. The Morgan fingerprint density at radius 2 is 1.26 bits per heavy atom. The molecule has 0 atom stereocenters. The van der Waals surface area contributed by atoms with Crippen molar-refractivity contribution in [2.24, 2.45) is 0 Å². The van der Waals surface area contributed by atoms with Crippen LogP contribution in [0.3, 0.4) is 0 Å². The van der Waals surface area contributed by atoms with Gasteiger partial charge < -0.3 is 28.8 Å². The minimum Gasteiger partial charge on any atom is -0.493 e. The maximum absolute atomic E-state index is 13.0. The van der Waals surface area contributed by atoms with Crippen LogP contribution in [0.15, 0.2) is 119 Å². The molecule has 258 valence electrons. The van der Waals surface area contributed by atoms with E-state index in [4.69, 9.17) is 18.9 Å². The van der Waals surface area contributed by atoms with Crippen LogP contribution in [0, 0.1) is 0 Å². The van der Waals surface area contributed by atoms with E-state index in [9.17, 15) is 13.2 Å². The monoisotopic (exact) mass is 808 g/mol. The number of ether oxygens (including phenoxy) is 4. The van der Waals surface area contributed by atoms with Crippen molar-refractivity contribution >= 4 is 60.2 Å². The van der Waals surface area contributed by atoms with E-state index in [1.165, 1.54) is 12.1 Å². The molecule has 6 aromatic rings. The molecule has 6 nitrogen and oxygen atoms in total. The van der Waals surface area contributed by atoms with Gasteiger partial charge in [-0.25, -0.2) is 0 Å². The molecule has 50 heavy (non-hydrogen) atoms. The van der Waals surface area contributed by atoms with Gasteiger partial charge in [0, 0.05) is 28.9 Å². The zero-order chi connectivity index (χ0) is 35.8. The lowest BCUT2D eigenvalue weighted by Crippen LogP contribution is -2.04. The largest absolute Gasteiger partial charge is 0.493 e. The van der Waals surface area contributed by atoms with E-state index in [0.717, 1.165) is 54.7 Å². The maximum atomic E-state index is 13.0. The quantitative estimate of drug-likeness (QED) is 0.158. The number of para-hydroxylation sites is 2. The molecule has 0 saturated carbocycles. The molecule has 0 aliphatic carbocycles. The standard InChI is InChI=1S/C23H18F3NO2.C16H15Br2NO2/c1-28-21-12-11-18(14-22(21)29-2)27-19-6-4-3-5-16(19)13-20(27)15-7-9-17(10-8-15)23(24,25)26;1-20-14-8-7-12(10-15(14)21-2)19-13-6-4-3-5-11(13)9-16(17)18/h3-14H,1-2H3;3-10,19H,1-2H3. The molecule has 1 heterocycles. The first-order valence-electron chi connectivity index (χ1n) is 15.2. The van der Waals surface area contributed by atoms with Crippen molar-refractivity contribution in [3.63, 3.8) is 0 Å². The summed E-state index contributed by atoms with van der Waals surface area (Å²) in [6.45, 7) is 0. The highest BCUT2D eigenvalue weighted by molar-refractivity contribution is 9.28. The van der Waals surface area contributed by atoms with E-state index in [0.29, 0.717) is 28.6 Å². The van der Waals surface area contributed by atoms with E-state index in [2.05, 4.69) is 37.2 Å². The van der Waals surface area contributed by atoms with Gasteiger partial charge in [-0.15, -0.1) is 0 Å². The highest BCUT2D eigenvalue weighted by atomic mass is 79.9. The van der Waals surface area contributed by atoms with Crippen molar-refractivity contribution in [1.29, 1.82) is 0 Å². The van der Waals surface area contributed by atoms with Gasteiger partial charge in [-0.05, 0) is 104 Å². The van der Waals surface area contributed by atoms with Crippen LogP contribution in [0.5, 0.6) is 23.0 Å². The van der Waals surface area contributed by atoms with Crippen LogP contribution < -0.4 is 24.3 Å². The average molecular weight is 811 g/mol. The number of nitrogens with one attached hydrogen (secondary N) is 1. The van der Waals surface area contributed by atoms with Gasteiger partial charge in [0.05, 0.1) is 54.3 Å². The molecule has 0 unspecified atom stereocenters. The lowest BCUT2D eigenvalue weighted by molar-refractivity contribution is -0.137. The molecule has 0 bridgehead atoms. The molecule has 0 spiro atoms. The Hall–Kier alpha value is -4.87. The van der Waals surface area contributed by atoms with Gasteiger partial charge >= 0.3 is 6.18 Å². The van der Waals surface area contributed by atoms with Crippen molar-refractivity contribution in [1.82, 2.24) is 4.57 Å². The first-order valence-corrected chi connectivity index (χ1v) is 16.8. The van der Waals surface area contributed by atoms with Crippen LogP contribution in [0.1, 0.15) is 11.1 Å². The number of nitrogens with zero attached hydrogens (tertiary/aromatic N) is 1. The molecule has 11 heteroatoms. The molecule has 0 aliphatic rings. The van der Waals surface area contributed by atoms with Gasteiger partial charge in [0.1, 0.15) is 0 Å². The van der Waals surface area contributed by atoms with E-state index in [1.807, 2.05) is 95.6 Å². The molecule has 0 saturated heterocycles. The second-order valence-electron chi connectivity index (χ2n) is 10.8. The molecular formula is C39H33Br2F3N2O4. The highest BCUT2D eigenvalue weighted by Gasteiger charge is 2.30. The smallest absolute Gasteiger partial charge is 0.416 e. The van der Waals surface area contributed by atoms with Crippen LogP contribution in [0.4, 0.5) is 24.5 Å². The third kappa shape index (κ3) is 8.46. The number of halogens is 5. The van der Waals surface area contributed by atoms with Crippen LogP contribution in [-0.2, 0) is 6.18 Å². The number of fused-ring (bicyclic) bond motifs is 1. The number of anilines is 2. The summed E-state index contributed by atoms with van der Waals surface area (Å²) in [5.41, 5.74) is 5.55. The Kier molecular flexibility index (Phi) is 11.8. The van der Waals surface area contributed by atoms with Crippen molar-refractivity contribution in [3.05, 3.63) is 130 Å². The van der Waals surface area contributed by atoms with Gasteiger partial charge in [-0.3, -0.25) is 0 Å². The highest BCUT2D eigenvalue weighted by Crippen LogP contribution is 2.37. The minimum absolute atomic E-state index is 0.571. The summed E-state index contributed by atoms with van der Waals surface area (Å²) in [7, 11) is 6.38. The Morgan fingerprint density at radius 3 is 1.90 bits per heavy atom. The Bertz CT molecular complexity index is 2110. The molecule has 1 aromatic heterocycles. The van der Waals surface area contributed by atoms with Crippen molar-refractivity contribution in [2.75, 3.05) is 33.8 Å². The number of hydrogen-bond acceptors (Lipinski definition) is 5. The summed E-state index contributed by atoms with van der Waals surface area (Å²) in [4.78, 5) is 0. The normalized spacial score (nSPS) is 10.9. The summed E-state index contributed by atoms with van der Waals surface area (Å²) in [6.07, 6.45) is -2.38. The van der Waals surface area contributed by atoms with Crippen LogP contribution in [0.2, 0.25) is 0 Å². The Morgan fingerprint density at radius 1 is 0.660 bits per heavy atom. The SMILES string of the molecule is COc1ccc(-n2c(-c3ccc(C(F)(F)F)cc3)cc3ccccc32)cc1OC.COc1ccc(Nc2ccccc2C=C(Br)Br)cc1OC. The van der Waals surface area contributed by atoms with Crippen LogP contribution in [0.25, 0.3) is 33.9 Å². The Balaban J connectivity index is 0.000000205. The van der Waals surface area contributed by atoms with E-state index in [1.54, 1.807) is 34.5 Å².